The Morgan fingerprint density at radius 1 is 1.20 bits per heavy atom. The van der Waals surface area contributed by atoms with Crippen LogP contribution < -0.4 is 4.72 Å². The number of nitrogens with one attached hydrogen (secondary N) is 1. The third-order valence-electron chi connectivity index (χ3n) is 3.35. The highest BCUT2D eigenvalue weighted by Crippen LogP contribution is 2.21. The van der Waals surface area contributed by atoms with Crippen LogP contribution in [-0.2, 0) is 10.0 Å². The third kappa shape index (κ3) is 4.12. The van der Waals surface area contributed by atoms with Crippen LogP contribution in [0.4, 0.5) is 4.39 Å². The molecule has 1 heterocycles. The number of rotatable bonds is 5. The quantitative estimate of drug-likeness (QED) is 0.673. The number of halogens is 2. The van der Waals surface area contributed by atoms with Gasteiger partial charge in [0.25, 0.3) is 0 Å². The lowest BCUT2D eigenvalue weighted by molar-refractivity contribution is 0.354. The zero-order chi connectivity index (χ0) is 18.0. The molecule has 0 aliphatic heterocycles. The summed E-state index contributed by atoms with van der Waals surface area (Å²) < 4.78 is 46.1. The first kappa shape index (κ1) is 17.7. The van der Waals surface area contributed by atoms with Crippen molar-refractivity contribution in [3.05, 3.63) is 64.7 Å². The van der Waals surface area contributed by atoms with Crippen molar-refractivity contribution in [1.29, 1.82) is 0 Å². The second kappa shape index (κ2) is 7.03. The molecule has 130 valence electrons. The number of aromatic nitrogens is 2. The first-order valence-electron chi connectivity index (χ1n) is 7.22. The summed E-state index contributed by atoms with van der Waals surface area (Å²) >= 11 is 3.24. The predicted octanol–water partition coefficient (Wildman–Crippen LogP) is 3.68. The maximum atomic E-state index is 13.0. The Balaban J connectivity index is 1.80. The second-order valence-electron chi connectivity index (χ2n) is 5.26. The van der Waals surface area contributed by atoms with Crippen LogP contribution >= 0.6 is 15.9 Å². The largest absolute Gasteiger partial charge is 0.337 e. The summed E-state index contributed by atoms with van der Waals surface area (Å²) in [6.07, 6.45) is 0. The molecule has 0 saturated carbocycles. The molecular weight excluding hydrogens is 413 g/mol. The molecule has 1 aromatic heterocycles. The summed E-state index contributed by atoms with van der Waals surface area (Å²) in [5.74, 6) is -0.0102. The average Bonchev–Trinajstić information content (AvgIpc) is 3.05. The van der Waals surface area contributed by atoms with Crippen LogP contribution in [0, 0.1) is 5.82 Å². The van der Waals surface area contributed by atoms with Gasteiger partial charge in [0.2, 0.25) is 21.7 Å². The molecule has 0 radical (unpaired) electrons. The Hall–Kier alpha value is -2.10. The smallest absolute Gasteiger partial charge is 0.244 e. The SMILES string of the molecule is CC(NS(=O)(=O)c1cccc(Br)c1)c1nc(-c2ccc(F)cc2)no1. The lowest BCUT2D eigenvalue weighted by Gasteiger charge is -2.10. The molecule has 2 aromatic carbocycles. The average molecular weight is 426 g/mol. The highest BCUT2D eigenvalue weighted by Gasteiger charge is 2.23. The van der Waals surface area contributed by atoms with Crippen LogP contribution in [0.1, 0.15) is 18.9 Å². The van der Waals surface area contributed by atoms with Gasteiger partial charge in [-0.05, 0) is 49.4 Å². The maximum absolute atomic E-state index is 13.0. The minimum atomic E-state index is -3.75. The fourth-order valence-corrected chi connectivity index (χ4v) is 3.91. The van der Waals surface area contributed by atoms with E-state index in [4.69, 9.17) is 4.52 Å². The molecular formula is C16H13BrFN3O3S. The van der Waals surface area contributed by atoms with Crippen LogP contribution in [0.15, 0.2) is 62.4 Å². The summed E-state index contributed by atoms with van der Waals surface area (Å²) in [5, 5.41) is 3.80. The van der Waals surface area contributed by atoms with E-state index in [9.17, 15) is 12.8 Å². The van der Waals surface area contributed by atoms with E-state index in [1.807, 2.05) is 0 Å². The Labute approximate surface area is 152 Å². The molecule has 0 fully saturated rings. The Morgan fingerprint density at radius 2 is 1.92 bits per heavy atom. The highest BCUT2D eigenvalue weighted by atomic mass is 79.9. The molecule has 0 amide bonds. The van der Waals surface area contributed by atoms with E-state index in [1.54, 1.807) is 19.1 Å². The zero-order valence-electron chi connectivity index (χ0n) is 13.0. The van der Waals surface area contributed by atoms with Gasteiger partial charge in [-0.2, -0.15) is 9.71 Å². The lowest BCUT2D eigenvalue weighted by atomic mass is 10.2. The molecule has 3 aromatic rings. The van der Waals surface area contributed by atoms with Gasteiger partial charge in [-0.25, -0.2) is 12.8 Å². The number of hydrogen-bond donors (Lipinski definition) is 1. The predicted molar refractivity (Wildman–Crippen MR) is 92.6 cm³/mol. The van der Waals surface area contributed by atoms with Crippen molar-refractivity contribution < 1.29 is 17.3 Å². The normalized spacial score (nSPS) is 12.9. The van der Waals surface area contributed by atoms with Crippen molar-refractivity contribution >= 4 is 26.0 Å². The summed E-state index contributed by atoms with van der Waals surface area (Å²) in [4.78, 5) is 4.29. The molecule has 0 aliphatic rings. The van der Waals surface area contributed by atoms with Gasteiger partial charge in [-0.3, -0.25) is 0 Å². The first-order valence-corrected chi connectivity index (χ1v) is 9.50. The van der Waals surface area contributed by atoms with Gasteiger partial charge in [-0.1, -0.05) is 27.2 Å². The second-order valence-corrected chi connectivity index (χ2v) is 7.89. The number of benzene rings is 2. The summed E-state index contributed by atoms with van der Waals surface area (Å²) in [6.45, 7) is 1.59. The molecule has 25 heavy (non-hydrogen) atoms. The highest BCUT2D eigenvalue weighted by molar-refractivity contribution is 9.10. The number of sulfonamides is 1. The molecule has 1 N–H and O–H groups in total. The van der Waals surface area contributed by atoms with E-state index in [2.05, 4.69) is 30.8 Å². The van der Waals surface area contributed by atoms with Crippen LogP contribution in [0.3, 0.4) is 0 Å². The summed E-state index contributed by atoms with van der Waals surface area (Å²) in [6, 6.07) is 11.2. The van der Waals surface area contributed by atoms with Gasteiger partial charge in [0, 0.05) is 10.0 Å². The van der Waals surface area contributed by atoms with Gasteiger partial charge in [0.05, 0.1) is 10.9 Å². The molecule has 0 aliphatic carbocycles. The fraction of sp³-hybridized carbons (Fsp3) is 0.125. The van der Waals surface area contributed by atoms with Crippen LogP contribution in [0.25, 0.3) is 11.4 Å². The van der Waals surface area contributed by atoms with E-state index in [1.165, 1.54) is 36.4 Å². The Morgan fingerprint density at radius 3 is 2.60 bits per heavy atom. The first-order chi connectivity index (χ1) is 11.8. The monoisotopic (exact) mass is 425 g/mol. The van der Waals surface area contributed by atoms with Gasteiger partial charge in [0.15, 0.2) is 0 Å². The van der Waals surface area contributed by atoms with Crippen molar-refractivity contribution in [3.8, 4) is 11.4 Å². The summed E-state index contributed by atoms with van der Waals surface area (Å²) in [7, 11) is -3.75. The Kier molecular flexibility index (Phi) is 4.98. The molecule has 6 nitrogen and oxygen atoms in total. The molecule has 0 saturated heterocycles. The van der Waals surface area contributed by atoms with E-state index in [0.29, 0.717) is 10.0 Å². The van der Waals surface area contributed by atoms with Crippen molar-refractivity contribution in [2.45, 2.75) is 17.9 Å². The van der Waals surface area contributed by atoms with Crippen molar-refractivity contribution in [1.82, 2.24) is 14.9 Å². The third-order valence-corrected chi connectivity index (χ3v) is 5.38. The van der Waals surface area contributed by atoms with Crippen LogP contribution in [-0.4, -0.2) is 18.6 Å². The molecule has 0 bridgehead atoms. The van der Waals surface area contributed by atoms with Crippen LogP contribution in [0.2, 0.25) is 0 Å². The lowest BCUT2D eigenvalue weighted by Crippen LogP contribution is -2.27. The van der Waals surface area contributed by atoms with E-state index in [-0.39, 0.29) is 22.4 Å². The molecule has 0 spiro atoms. The maximum Gasteiger partial charge on any atom is 0.244 e. The molecule has 3 rings (SSSR count). The molecule has 9 heteroatoms. The van der Waals surface area contributed by atoms with Gasteiger partial charge in [-0.15, -0.1) is 0 Å². The molecule has 1 atom stereocenters. The van der Waals surface area contributed by atoms with E-state index < -0.39 is 16.1 Å². The topological polar surface area (TPSA) is 85.1 Å². The van der Waals surface area contributed by atoms with Gasteiger partial charge < -0.3 is 4.52 Å². The van der Waals surface area contributed by atoms with Crippen molar-refractivity contribution in [2.24, 2.45) is 0 Å². The minimum absolute atomic E-state index is 0.109. The van der Waals surface area contributed by atoms with E-state index >= 15 is 0 Å². The van der Waals surface area contributed by atoms with Crippen molar-refractivity contribution in [2.75, 3.05) is 0 Å². The number of hydrogen-bond acceptors (Lipinski definition) is 5. The fourth-order valence-electron chi connectivity index (χ4n) is 2.11. The van der Waals surface area contributed by atoms with Crippen molar-refractivity contribution in [3.63, 3.8) is 0 Å². The Bertz CT molecular complexity index is 990. The minimum Gasteiger partial charge on any atom is -0.337 e. The summed E-state index contributed by atoms with van der Waals surface area (Å²) in [5.41, 5.74) is 0.568. The molecule has 1 unspecified atom stereocenters. The van der Waals surface area contributed by atoms with Gasteiger partial charge in [0.1, 0.15) is 5.82 Å². The zero-order valence-corrected chi connectivity index (χ0v) is 15.4. The van der Waals surface area contributed by atoms with Crippen LogP contribution in [0.5, 0.6) is 0 Å². The number of nitrogens with zero attached hydrogens (tertiary/aromatic N) is 2. The van der Waals surface area contributed by atoms with Gasteiger partial charge >= 0.3 is 0 Å². The standard InChI is InChI=1S/C16H13BrFN3O3S/c1-10(21-25(22,23)14-4-2-3-12(17)9-14)16-19-15(20-24-16)11-5-7-13(18)8-6-11/h2-10,21H,1H3. The van der Waals surface area contributed by atoms with E-state index in [0.717, 1.165) is 0 Å².